The van der Waals surface area contributed by atoms with Crippen LogP contribution in [0.3, 0.4) is 0 Å². The summed E-state index contributed by atoms with van der Waals surface area (Å²) in [6.45, 7) is 0. The van der Waals surface area contributed by atoms with Crippen molar-refractivity contribution in [2.45, 2.75) is 0 Å². The largest absolute Gasteiger partial charge is 0.419 e. The van der Waals surface area contributed by atoms with Crippen molar-refractivity contribution in [1.82, 2.24) is 4.57 Å². The summed E-state index contributed by atoms with van der Waals surface area (Å²) in [6, 6.07) is 8.23. The first-order valence-electron chi connectivity index (χ1n) is 6.06. The highest BCUT2D eigenvalue weighted by molar-refractivity contribution is 6.35. The number of aryl methyl sites for hydroxylation is 1. The molecular weight excluding hydrogens is 297 g/mol. The fourth-order valence-electron chi connectivity index (χ4n) is 2.10. The Balaban J connectivity index is 2.11. The van der Waals surface area contributed by atoms with E-state index in [9.17, 15) is 14.0 Å². The van der Waals surface area contributed by atoms with Crippen LogP contribution in [0.25, 0.3) is 11.1 Å². The number of hydrogen-bond acceptors (Lipinski definition) is 3. The maximum Gasteiger partial charge on any atom is 0.419 e. The van der Waals surface area contributed by atoms with Gasteiger partial charge in [0.1, 0.15) is 5.82 Å². The number of carbonyl (C=O) groups is 1. The third-order valence-electron chi connectivity index (χ3n) is 3.23. The van der Waals surface area contributed by atoms with Crippen LogP contribution in [0.1, 0.15) is 15.9 Å². The minimum atomic E-state index is -0.513. The molecule has 0 amide bonds. The maximum absolute atomic E-state index is 13.0. The van der Waals surface area contributed by atoms with Crippen molar-refractivity contribution in [3.63, 3.8) is 0 Å². The van der Waals surface area contributed by atoms with Gasteiger partial charge in [-0.3, -0.25) is 9.36 Å². The predicted molar refractivity (Wildman–Crippen MR) is 76.3 cm³/mol. The van der Waals surface area contributed by atoms with Crippen molar-refractivity contribution in [3.05, 3.63) is 68.9 Å². The lowest BCUT2D eigenvalue weighted by Crippen LogP contribution is -2.08. The summed E-state index contributed by atoms with van der Waals surface area (Å²) in [5.41, 5.74) is 1.40. The highest BCUT2D eigenvalue weighted by Gasteiger charge is 2.15. The van der Waals surface area contributed by atoms with E-state index in [1.165, 1.54) is 22.8 Å². The summed E-state index contributed by atoms with van der Waals surface area (Å²) in [5, 5.41) is 0.0367. The minimum Gasteiger partial charge on any atom is -0.408 e. The average Bonchev–Trinajstić information content (AvgIpc) is 2.73. The summed E-state index contributed by atoms with van der Waals surface area (Å²) in [4.78, 5) is 23.8. The number of oxazole rings is 1. The summed E-state index contributed by atoms with van der Waals surface area (Å²) < 4.78 is 19.4. The van der Waals surface area contributed by atoms with Gasteiger partial charge in [0.15, 0.2) is 11.4 Å². The molecule has 0 radical (unpaired) electrons. The number of ketones is 1. The van der Waals surface area contributed by atoms with E-state index in [4.69, 9.17) is 16.0 Å². The summed E-state index contributed by atoms with van der Waals surface area (Å²) in [6.07, 6.45) is 0. The van der Waals surface area contributed by atoms with Gasteiger partial charge in [0.2, 0.25) is 0 Å². The van der Waals surface area contributed by atoms with Crippen LogP contribution >= 0.6 is 11.6 Å². The molecule has 0 saturated carbocycles. The van der Waals surface area contributed by atoms with Crippen LogP contribution in [0.4, 0.5) is 4.39 Å². The van der Waals surface area contributed by atoms with Crippen LogP contribution in [-0.2, 0) is 7.05 Å². The topological polar surface area (TPSA) is 52.2 Å². The van der Waals surface area contributed by atoms with E-state index in [0.29, 0.717) is 16.7 Å². The Kier molecular flexibility index (Phi) is 3.14. The molecule has 0 aliphatic rings. The first-order valence-corrected chi connectivity index (χ1v) is 6.44. The van der Waals surface area contributed by atoms with Crippen molar-refractivity contribution < 1.29 is 13.6 Å². The molecule has 0 saturated heterocycles. The van der Waals surface area contributed by atoms with Crippen molar-refractivity contribution in [2.24, 2.45) is 7.05 Å². The fraction of sp³-hybridized carbons (Fsp3) is 0.0667. The Morgan fingerprint density at radius 2 is 2.00 bits per heavy atom. The third kappa shape index (κ3) is 2.25. The second-order valence-corrected chi connectivity index (χ2v) is 4.97. The Hall–Kier alpha value is -2.40. The highest BCUT2D eigenvalue weighted by atomic mass is 35.5. The molecule has 4 nitrogen and oxygen atoms in total. The number of fused-ring (bicyclic) bond motifs is 1. The van der Waals surface area contributed by atoms with Crippen molar-refractivity contribution in [1.29, 1.82) is 0 Å². The number of aromatic nitrogens is 1. The van der Waals surface area contributed by atoms with E-state index in [0.717, 1.165) is 6.07 Å². The van der Waals surface area contributed by atoms with Crippen LogP contribution in [0.15, 0.2) is 45.6 Å². The normalized spacial score (nSPS) is 11.0. The zero-order valence-corrected chi connectivity index (χ0v) is 11.6. The number of carbonyl (C=O) groups excluding carboxylic acids is 1. The zero-order chi connectivity index (χ0) is 15.1. The maximum atomic E-state index is 13.0. The molecule has 0 N–H and O–H groups in total. The molecule has 0 bridgehead atoms. The molecule has 0 aliphatic carbocycles. The molecule has 0 atom stereocenters. The highest BCUT2D eigenvalue weighted by Crippen LogP contribution is 2.22. The van der Waals surface area contributed by atoms with Gasteiger partial charge in [0, 0.05) is 18.2 Å². The van der Waals surface area contributed by atoms with E-state index in [1.807, 2.05) is 0 Å². The van der Waals surface area contributed by atoms with E-state index in [-0.39, 0.29) is 16.4 Å². The van der Waals surface area contributed by atoms with Crippen LogP contribution in [-0.4, -0.2) is 10.4 Å². The summed E-state index contributed by atoms with van der Waals surface area (Å²) >= 11 is 5.88. The summed E-state index contributed by atoms with van der Waals surface area (Å²) in [5.74, 6) is -1.39. The van der Waals surface area contributed by atoms with Gasteiger partial charge in [-0.1, -0.05) is 11.6 Å². The molecule has 0 unspecified atom stereocenters. The molecule has 2 aromatic carbocycles. The van der Waals surface area contributed by atoms with Crippen LogP contribution in [0.2, 0.25) is 5.02 Å². The Morgan fingerprint density at radius 1 is 1.24 bits per heavy atom. The van der Waals surface area contributed by atoms with Gasteiger partial charge >= 0.3 is 5.76 Å². The molecule has 0 fully saturated rings. The van der Waals surface area contributed by atoms with E-state index in [2.05, 4.69) is 0 Å². The van der Waals surface area contributed by atoms with Gasteiger partial charge in [-0.2, -0.15) is 0 Å². The quantitative estimate of drug-likeness (QED) is 0.683. The van der Waals surface area contributed by atoms with Crippen molar-refractivity contribution in [3.8, 4) is 0 Å². The molecule has 1 aromatic heterocycles. The van der Waals surface area contributed by atoms with Crippen molar-refractivity contribution in [2.75, 3.05) is 0 Å². The second-order valence-electron chi connectivity index (χ2n) is 4.56. The minimum absolute atomic E-state index is 0.0367. The van der Waals surface area contributed by atoms with Gasteiger partial charge in [-0.05, 0) is 36.4 Å². The van der Waals surface area contributed by atoms with Crippen LogP contribution in [0, 0.1) is 5.82 Å². The zero-order valence-electron chi connectivity index (χ0n) is 10.9. The van der Waals surface area contributed by atoms with Gasteiger partial charge in [0.05, 0.1) is 10.5 Å². The summed E-state index contributed by atoms with van der Waals surface area (Å²) in [7, 11) is 1.58. The van der Waals surface area contributed by atoms with Gasteiger partial charge in [0.25, 0.3) is 0 Å². The fourth-order valence-corrected chi connectivity index (χ4v) is 2.36. The number of nitrogens with zero attached hydrogens (tertiary/aromatic N) is 1. The smallest absolute Gasteiger partial charge is 0.408 e. The third-order valence-corrected chi connectivity index (χ3v) is 3.54. The first-order chi connectivity index (χ1) is 9.97. The Morgan fingerprint density at radius 3 is 2.71 bits per heavy atom. The van der Waals surface area contributed by atoms with Gasteiger partial charge in [-0.15, -0.1) is 0 Å². The molecule has 6 heteroatoms. The standard InChI is InChI=1S/C15H9ClFNO3/c1-18-12-5-2-8(6-13(12)21-15(18)20)14(19)10-4-3-9(17)7-11(10)16/h2-7H,1H3. The Labute approximate surface area is 123 Å². The molecule has 106 valence electrons. The van der Waals surface area contributed by atoms with Crippen LogP contribution < -0.4 is 5.76 Å². The number of halogens is 2. The second kappa shape index (κ2) is 4.86. The van der Waals surface area contributed by atoms with Crippen molar-refractivity contribution >= 4 is 28.5 Å². The predicted octanol–water partition coefficient (Wildman–Crippen LogP) is 3.16. The average molecular weight is 306 g/mol. The van der Waals surface area contributed by atoms with E-state index < -0.39 is 11.6 Å². The lowest BCUT2D eigenvalue weighted by molar-refractivity contribution is 0.103. The van der Waals surface area contributed by atoms with Crippen LogP contribution in [0.5, 0.6) is 0 Å². The SMILES string of the molecule is Cn1c(=O)oc2cc(C(=O)c3ccc(F)cc3Cl)ccc21. The molecule has 0 aliphatic heterocycles. The number of benzene rings is 2. The molecule has 1 heterocycles. The molecule has 21 heavy (non-hydrogen) atoms. The molecule has 0 spiro atoms. The van der Waals surface area contributed by atoms with Gasteiger partial charge < -0.3 is 4.42 Å². The van der Waals surface area contributed by atoms with E-state index in [1.54, 1.807) is 19.2 Å². The first kappa shape index (κ1) is 13.6. The van der Waals surface area contributed by atoms with Gasteiger partial charge in [-0.25, -0.2) is 9.18 Å². The molecule has 3 aromatic rings. The number of hydrogen-bond donors (Lipinski definition) is 0. The lowest BCUT2D eigenvalue weighted by Gasteiger charge is -2.04. The monoisotopic (exact) mass is 305 g/mol. The van der Waals surface area contributed by atoms with E-state index >= 15 is 0 Å². The number of rotatable bonds is 2. The molecular formula is C15H9ClFNO3. The Bertz CT molecular complexity index is 926. The molecule has 3 rings (SSSR count). The lowest BCUT2D eigenvalue weighted by atomic mass is 10.0.